The van der Waals surface area contributed by atoms with E-state index in [-0.39, 0.29) is 0 Å². The fourth-order valence-corrected chi connectivity index (χ4v) is 4.04. The summed E-state index contributed by atoms with van der Waals surface area (Å²) < 4.78 is 5.55. The standard InChI is InChI=1S/C14H17NO/c15-9-13-6-14(7-13,8-13)11-1-2-12-10(5-11)3-4-16-12/h1-2,5H,3-4,6-9,15H2. The van der Waals surface area contributed by atoms with E-state index in [4.69, 9.17) is 10.5 Å². The number of hydrogen-bond acceptors (Lipinski definition) is 2. The monoisotopic (exact) mass is 215 g/mol. The first-order valence-electron chi connectivity index (χ1n) is 6.22. The van der Waals surface area contributed by atoms with Crippen molar-refractivity contribution in [2.24, 2.45) is 11.1 Å². The lowest BCUT2D eigenvalue weighted by atomic mass is 9.33. The number of rotatable bonds is 2. The van der Waals surface area contributed by atoms with E-state index in [0.717, 1.165) is 25.3 Å². The van der Waals surface area contributed by atoms with E-state index >= 15 is 0 Å². The fraction of sp³-hybridized carbons (Fsp3) is 0.571. The molecular weight excluding hydrogens is 198 g/mol. The predicted molar refractivity (Wildman–Crippen MR) is 62.7 cm³/mol. The van der Waals surface area contributed by atoms with Gasteiger partial charge in [-0.2, -0.15) is 0 Å². The third kappa shape index (κ3) is 0.921. The van der Waals surface area contributed by atoms with E-state index < -0.39 is 0 Å². The van der Waals surface area contributed by atoms with Gasteiger partial charge in [0.05, 0.1) is 6.61 Å². The number of fused-ring (bicyclic) bond motifs is 1. The van der Waals surface area contributed by atoms with E-state index in [9.17, 15) is 0 Å². The molecule has 3 saturated carbocycles. The minimum absolute atomic E-state index is 0.497. The van der Waals surface area contributed by atoms with Gasteiger partial charge in [0.15, 0.2) is 0 Å². The van der Waals surface area contributed by atoms with Gasteiger partial charge in [0.25, 0.3) is 0 Å². The van der Waals surface area contributed by atoms with Crippen molar-refractivity contribution in [1.82, 2.24) is 0 Å². The van der Waals surface area contributed by atoms with E-state index in [0.29, 0.717) is 10.8 Å². The van der Waals surface area contributed by atoms with Gasteiger partial charge in [0.2, 0.25) is 0 Å². The quantitative estimate of drug-likeness (QED) is 0.819. The first kappa shape index (κ1) is 9.06. The Bertz CT molecular complexity index is 446. The molecule has 3 aliphatic carbocycles. The number of ether oxygens (including phenoxy) is 1. The Hall–Kier alpha value is -1.02. The molecule has 1 aromatic carbocycles. The maximum absolute atomic E-state index is 5.81. The Kier molecular flexibility index (Phi) is 1.48. The Labute approximate surface area is 95.8 Å². The summed E-state index contributed by atoms with van der Waals surface area (Å²) in [6.45, 7) is 1.74. The van der Waals surface area contributed by atoms with Crippen LogP contribution in [0.1, 0.15) is 30.4 Å². The molecule has 4 aliphatic rings. The molecule has 2 N–H and O–H groups in total. The van der Waals surface area contributed by atoms with Crippen LogP contribution in [0, 0.1) is 5.41 Å². The molecule has 1 aromatic rings. The zero-order valence-corrected chi connectivity index (χ0v) is 9.46. The maximum Gasteiger partial charge on any atom is 0.122 e. The van der Waals surface area contributed by atoms with Gasteiger partial charge in [-0.3, -0.25) is 0 Å². The first-order valence-corrected chi connectivity index (χ1v) is 6.22. The minimum atomic E-state index is 0.497. The Morgan fingerprint density at radius 1 is 1.25 bits per heavy atom. The molecular formula is C14H17NO. The lowest BCUT2D eigenvalue weighted by molar-refractivity contribution is -0.132. The summed E-state index contributed by atoms with van der Waals surface area (Å²) in [4.78, 5) is 0. The van der Waals surface area contributed by atoms with Gasteiger partial charge in [-0.1, -0.05) is 12.1 Å². The molecule has 0 amide bonds. The van der Waals surface area contributed by atoms with Gasteiger partial charge in [-0.25, -0.2) is 0 Å². The number of benzene rings is 1. The van der Waals surface area contributed by atoms with Crippen LogP contribution in [0.5, 0.6) is 5.75 Å². The number of nitrogens with two attached hydrogens (primary N) is 1. The van der Waals surface area contributed by atoms with Crippen LogP contribution < -0.4 is 10.5 Å². The largest absolute Gasteiger partial charge is 0.493 e. The van der Waals surface area contributed by atoms with Crippen molar-refractivity contribution in [2.75, 3.05) is 13.2 Å². The topological polar surface area (TPSA) is 35.2 Å². The minimum Gasteiger partial charge on any atom is -0.493 e. The van der Waals surface area contributed by atoms with Crippen molar-refractivity contribution < 1.29 is 4.74 Å². The predicted octanol–water partition coefficient (Wildman–Crippen LogP) is 2.00. The Morgan fingerprint density at radius 2 is 2.06 bits per heavy atom. The highest BCUT2D eigenvalue weighted by Crippen LogP contribution is 2.73. The van der Waals surface area contributed by atoms with Gasteiger partial charge in [0.1, 0.15) is 5.75 Å². The van der Waals surface area contributed by atoms with Crippen molar-refractivity contribution >= 4 is 0 Å². The van der Waals surface area contributed by atoms with E-state index in [1.54, 1.807) is 0 Å². The van der Waals surface area contributed by atoms with Crippen LogP contribution in [-0.2, 0) is 11.8 Å². The molecule has 0 saturated heterocycles. The van der Waals surface area contributed by atoms with E-state index in [1.807, 2.05) is 0 Å². The molecule has 1 aliphatic heterocycles. The smallest absolute Gasteiger partial charge is 0.122 e. The summed E-state index contributed by atoms with van der Waals surface area (Å²) in [5.41, 5.74) is 9.77. The van der Waals surface area contributed by atoms with Crippen LogP contribution in [0.3, 0.4) is 0 Å². The molecule has 1 heterocycles. The van der Waals surface area contributed by atoms with Crippen LogP contribution in [0.25, 0.3) is 0 Å². The van der Waals surface area contributed by atoms with Gasteiger partial charge in [-0.15, -0.1) is 0 Å². The molecule has 0 radical (unpaired) electrons. The molecule has 3 fully saturated rings. The summed E-state index contributed by atoms with van der Waals surface area (Å²) in [5.74, 6) is 1.10. The van der Waals surface area contributed by atoms with Crippen molar-refractivity contribution in [3.63, 3.8) is 0 Å². The zero-order valence-electron chi connectivity index (χ0n) is 9.46. The van der Waals surface area contributed by atoms with E-state index in [2.05, 4.69) is 18.2 Å². The van der Waals surface area contributed by atoms with Crippen LogP contribution in [-0.4, -0.2) is 13.2 Å². The second-order valence-electron chi connectivity index (χ2n) is 5.94. The summed E-state index contributed by atoms with van der Waals surface area (Å²) in [7, 11) is 0. The Morgan fingerprint density at radius 3 is 2.81 bits per heavy atom. The molecule has 0 spiro atoms. The molecule has 2 heteroatoms. The van der Waals surface area contributed by atoms with Crippen LogP contribution in [0.15, 0.2) is 18.2 Å². The van der Waals surface area contributed by atoms with Crippen molar-refractivity contribution in [1.29, 1.82) is 0 Å². The summed E-state index contributed by atoms with van der Waals surface area (Å²) in [6.07, 6.45) is 5.03. The van der Waals surface area contributed by atoms with Gasteiger partial charge in [-0.05, 0) is 53.8 Å². The highest BCUT2D eigenvalue weighted by atomic mass is 16.5. The van der Waals surface area contributed by atoms with Gasteiger partial charge >= 0.3 is 0 Å². The normalized spacial score (nSPS) is 38.3. The molecule has 0 aromatic heterocycles. The average molecular weight is 215 g/mol. The fourth-order valence-electron chi connectivity index (χ4n) is 4.04. The van der Waals surface area contributed by atoms with Crippen molar-refractivity contribution in [3.05, 3.63) is 29.3 Å². The summed E-state index contributed by atoms with van der Waals surface area (Å²) in [5, 5.41) is 0. The van der Waals surface area contributed by atoms with Crippen LogP contribution in [0.4, 0.5) is 0 Å². The second kappa shape index (κ2) is 2.62. The van der Waals surface area contributed by atoms with Crippen molar-refractivity contribution in [3.8, 4) is 5.75 Å². The zero-order chi connectivity index (χ0) is 10.8. The van der Waals surface area contributed by atoms with Gasteiger partial charge in [0, 0.05) is 6.42 Å². The third-order valence-corrected chi connectivity index (χ3v) is 4.88. The second-order valence-corrected chi connectivity index (χ2v) is 5.94. The van der Waals surface area contributed by atoms with E-state index in [1.165, 1.54) is 30.4 Å². The Balaban J connectivity index is 1.66. The SMILES string of the molecule is NCC12CC(c3ccc4c(c3)CCO4)(C1)C2. The van der Waals surface area contributed by atoms with Gasteiger partial charge < -0.3 is 10.5 Å². The molecule has 0 atom stereocenters. The maximum atomic E-state index is 5.81. The number of hydrogen-bond donors (Lipinski definition) is 1. The lowest BCUT2D eigenvalue weighted by Gasteiger charge is -2.71. The highest BCUT2D eigenvalue weighted by molar-refractivity contribution is 5.46. The molecule has 5 rings (SSSR count). The highest BCUT2D eigenvalue weighted by Gasteiger charge is 2.67. The van der Waals surface area contributed by atoms with Crippen LogP contribution in [0.2, 0.25) is 0 Å². The lowest BCUT2D eigenvalue weighted by Crippen LogP contribution is -2.67. The molecule has 16 heavy (non-hydrogen) atoms. The summed E-state index contributed by atoms with van der Waals surface area (Å²) in [6, 6.07) is 6.80. The van der Waals surface area contributed by atoms with Crippen molar-refractivity contribution in [2.45, 2.75) is 31.1 Å². The molecule has 84 valence electrons. The molecule has 2 nitrogen and oxygen atoms in total. The van der Waals surface area contributed by atoms with Crippen LogP contribution >= 0.6 is 0 Å². The first-order chi connectivity index (χ1) is 7.75. The average Bonchev–Trinajstić information content (AvgIpc) is 2.61. The third-order valence-electron chi connectivity index (χ3n) is 4.88. The molecule has 2 bridgehead atoms. The summed E-state index contributed by atoms with van der Waals surface area (Å²) >= 11 is 0. The molecule has 0 unspecified atom stereocenters.